The van der Waals surface area contributed by atoms with Gasteiger partial charge in [-0.05, 0) is 100 Å². The maximum atomic E-state index is 10.5. The summed E-state index contributed by atoms with van der Waals surface area (Å²) in [6.07, 6.45) is 9.03. The fraction of sp³-hybridized carbons (Fsp3) is 0.778. The minimum Gasteiger partial charge on any atom is -0.393 e. The predicted molar refractivity (Wildman–Crippen MR) is 124 cm³/mol. The molecular weight excluding hydrogens is 372 g/mol. The summed E-state index contributed by atoms with van der Waals surface area (Å²) in [5.41, 5.74) is 2.64. The lowest BCUT2D eigenvalue weighted by atomic mass is 9.60. The van der Waals surface area contributed by atoms with Crippen molar-refractivity contribution in [2.45, 2.75) is 110 Å². The van der Waals surface area contributed by atoms with E-state index in [1.54, 1.807) is 13.8 Å². The SMILES string of the molecule is [2H]O[C@]1([2H])C/C(=C/C=C2CCC[C@@]3(C)C2CC[C@@H]3[C@H](C)CC(O)CC(C)(C)O)C(=C)CC1[2H]. The lowest BCUT2D eigenvalue weighted by Crippen LogP contribution is -2.37. The van der Waals surface area contributed by atoms with Crippen molar-refractivity contribution < 1.29 is 18.1 Å². The van der Waals surface area contributed by atoms with Crippen molar-refractivity contribution in [1.29, 1.82) is 1.43 Å². The Bertz CT molecular complexity index is 786. The van der Waals surface area contributed by atoms with Gasteiger partial charge in [-0.25, -0.2) is 0 Å². The monoisotopic (exact) mass is 419 g/mol. The van der Waals surface area contributed by atoms with Gasteiger partial charge in [0.1, 0.15) is 0 Å². The highest BCUT2D eigenvalue weighted by Crippen LogP contribution is 2.60. The molecule has 3 fully saturated rings. The highest BCUT2D eigenvalue weighted by Gasteiger charge is 2.50. The van der Waals surface area contributed by atoms with Crippen molar-refractivity contribution in [3.05, 3.63) is 35.5 Å². The predicted octanol–water partition coefficient (Wildman–Crippen LogP) is 5.70. The van der Waals surface area contributed by atoms with Crippen LogP contribution in [0, 0.1) is 23.2 Å². The summed E-state index contributed by atoms with van der Waals surface area (Å²) in [5, 5.41) is 25.2. The van der Waals surface area contributed by atoms with Crippen LogP contribution in [0.5, 0.6) is 0 Å². The smallest absolute Gasteiger partial charge is 0.210 e. The number of aliphatic hydroxyl groups is 3. The Labute approximate surface area is 188 Å². The molecule has 3 nitrogen and oxygen atoms in total. The second-order valence-corrected chi connectivity index (χ2v) is 11.1. The second kappa shape index (κ2) is 9.30. The summed E-state index contributed by atoms with van der Waals surface area (Å²) >= 11 is 0. The van der Waals surface area contributed by atoms with Crippen LogP contribution in [0.4, 0.5) is 0 Å². The summed E-state index contributed by atoms with van der Waals surface area (Å²) in [5.74, 6) is 1.48. The molecule has 7 atom stereocenters. The van der Waals surface area contributed by atoms with Crippen molar-refractivity contribution in [2.24, 2.45) is 23.2 Å². The molecule has 0 saturated heterocycles. The Balaban J connectivity index is 1.74. The van der Waals surface area contributed by atoms with Crippen LogP contribution in [-0.4, -0.2) is 34.5 Å². The maximum absolute atomic E-state index is 10.5. The summed E-state index contributed by atoms with van der Waals surface area (Å²) in [7, 11) is 0. The van der Waals surface area contributed by atoms with E-state index in [0.29, 0.717) is 30.6 Å². The van der Waals surface area contributed by atoms with Crippen molar-refractivity contribution >= 4 is 0 Å². The third-order valence-electron chi connectivity index (χ3n) is 8.00. The van der Waals surface area contributed by atoms with Crippen molar-refractivity contribution in [1.82, 2.24) is 0 Å². The first-order valence-electron chi connectivity index (χ1n) is 13.3. The van der Waals surface area contributed by atoms with E-state index in [9.17, 15) is 10.2 Å². The molecule has 30 heavy (non-hydrogen) atoms. The highest BCUT2D eigenvalue weighted by molar-refractivity contribution is 5.36. The first-order chi connectivity index (χ1) is 15.3. The molecule has 3 unspecified atom stereocenters. The van der Waals surface area contributed by atoms with E-state index < -0.39 is 24.2 Å². The van der Waals surface area contributed by atoms with Crippen LogP contribution in [-0.2, 0) is 0 Å². The summed E-state index contributed by atoms with van der Waals surface area (Å²) in [6, 6.07) is 0. The largest absolute Gasteiger partial charge is 0.393 e. The summed E-state index contributed by atoms with van der Waals surface area (Å²) < 4.78 is 23.7. The molecular formula is C27H44O3. The molecule has 3 N–H and O–H groups in total. The van der Waals surface area contributed by atoms with Gasteiger partial charge in [0.2, 0.25) is 1.43 Å². The molecule has 0 aromatic heterocycles. The zero-order valence-corrected chi connectivity index (χ0v) is 19.4. The van der Waals surface area contributed by atoms with Gasteiger partial charge in [0, 0.05) is 7.79 Å². The highest BCUT2D eigenvalue weighted by atomic mass is 16.3. The van der Waals surface area contributed by atoms with Gasteiger partial charge in [-0.1, -0.05) is 43.7 Å². The Morgan fingerprint density at radius 3 is 2.83 bits per heavy atom. The maximum Gasteiger partial charge on any atom is 0.210 e. The van der Waals surface area contributed by atoms with Gasteiger partial charge in [0.05, 0.1) is 19.2 Å². The van der Waals surface area contributed by atoms with Crippen molar-refractivity contribution in [3.8, 4) is 0 Å². The summed E-state index contributed by atoms with van der Waals surface area (Å²) in [6.45, 7) is 12.3. The standard InChI is InChI=1S/C27H44O3/c1-18-8-11-22(28)16-21(18)10-9-20-7-6-14-27(5)24(12-13-25(20)27)19(2)15-23(29)17-26(3,4)30/h9-10,19,22-25,28-30H,1,6-8,11-17H2,2-5H3/b20-9?,21-10-/t19-,22+,23?,24-,25?,27-/m1/s1/i11D,22D,28D/t11?,19-,22+,23?,24-,25?,27-. The number of hydrogen-bond acceptors (Lipinski definition) is 3. The molecule has 170 valence electrons. The number of hydrogen-bond donors (Lipinski definition) is 3. The first kappa shape index (κ1) is 19.8. The van der Waals surface area contributed by atoms with Gasteiger partial charge in [-0.3, -0.25) is 0 Å². The lowest BCUT2D eigenvalue weighted by Gasteiger charge is -2.44. The molecule has 0 aromatic carbocycles. The van der Waals surface area contributed by atoms with E-state index in [0.717, 1.165) is 36.8 Å². The molecule has 0 amide bonds. The molecule has 0 radical (unpaired) electrons. The Kier molecular flexibility index (Phi) is 6.13. The van der Waals surface area contributed by atoms with Crippen LogP contribution in [0.25, 0.3) is 0 Å². The van der Waals surface area contributed by atoms with E-state index in [1.807, 2.05) is 0 Å². The van der Waals surface area contributed by atoms with Crippen molar-refractivity contribution in [2.75, 3.05) is 0 Å². The Hall–Kier alpha value is -0.900. The quantitative estimate of drug-likeness (QED) is 0.496. The molecule has 3 aliphatic carbocycles. The van der Waals surface area contributed by atoms with Crippen LogP contribution in [0.1, 0.15) is 94.6 Å². The van der Waals surface area contributed by atoms with Gasteiger partial charge < -0.3 is 15.3 Å². The van der Waals surface area contributed by atoms with Gasteiger partial charge >= 0.3 is 0 Å². The average Bonchev–Trinajstić information content (AvgIpc) is 3.06. The Morgan fingerprint density at radius 1 is 1.37 bits per heavy atom. The zero-order valence-electron chi connectivity index (χ0n) is 22.4. The number of fused-ring (bicyclic) bond motifs is 1. The van der Waals surface area contributed by atoms with Crippen LogP contribution in [0.15, 0.2) is 35.5 Å². The minimum absolute atomic E-state index is 0.218. The van der Waals surface area contributed by atoms with E-state index >= 15 is 0 Å². The van der Waals surface area contributed by atoms with Crippen LogP contribution < -0.4 is 0 Å². The topological polar surface area (TPSA) is 60.7 Å². The molecule has 0 spiro atoms. The molecule has 3 saturated carbocycles. The van der Waals surface area contributed by atoms with E-state index in [2.05, 4.69) is 37.7 Å². The third-order valence-corrected chi connectivity index (χ3v) is 8.00. The fourth-order valence-corrected chi connectivity index (χ4v) is 6.61. The molecule has 3 rings (SSSR count). The molecule has 0 bridgehead atoms. The average molecular weight is 420 g/mol. The number of allylic oxidation sites excluding steroid dienone is 4. The Morgan fingerprint density at radius 2 is 2.13 bits per heavy atom. The van der Waals surface area contributed by atoms with Gasteiger partial charge in [0.25, 0.3) is 0 Å². The van der Waals surface area contributed by atoms with Crippen LogP contribution in [0.3, 0.4) is 0 Å². The zero-order chi connectivity index (χ0) is 24.6. The van der Waals surface area contributed by atoms with E-state index in [1.165, 1.54) is 18.4 Å². The van der Waals surface area contributed by atoms with Crippen LogP contribution in [0.2, 0.25) is 0 Å². The van der Waals surface area contributed by atoms with Crippen molar-refractivity contribution in [3.63, 3.8) is 0 Å². The number of aliphatic hydroxyl groups excluding tert-OH is 1. The van der Waals surface area contributed by atoms with Gasteiger partial charge in [-0.15, -0.1) is 0 Å². The molecule has 0 heterocycles. The summed E-state index contributed by atoms with van der Waals surface area (Å²) in [4.78, 5) is 0. The molecule has 3 aliphatic rings. The van der Waals surface area contributed by atoms with Gasteiger partial charge in [0.15, 0.2) is 0 Å². The molecule has 3 heteroatoms. The molecule has 0 aliphatic heterocycles. The van der Waals surface area contributed by atoms with Crippen LogP contribution >= 0.6 is 0 Å². The first-order valence-corrected chi connectivity index (χ1v) is 11.8. The minimum atomic E-state index is -1.52. The van der Waals surface area contributed by atoms with E-state index in [-0.39, 0.29) is 11.8 Å². The third kappa shape index (κ3) is 5.47. The fourth-order valence-electron chi connectivity index (χ4n) is 6.61. The van der Waals surface area contributed by atoms with Gasteiger partial charge in [-0.2, -0.15) is 0 Å². The number of rotatable bonds is 7. The lowest BCUT2D eigenvalue weighted by molar-refractivity contribution is 0.000134. The second-order valence-electron chi connectivity index (χ2n) is 11.1. The van der Waals surface area contributed by atoms with E-state index in [4.69, 9.17) is 4.17 Å². The molecule has 0 aromatic rings. The normalized spacial score (nSPS) is 43.7.